The fraction of sp³-hybridized carbons (Fsp3) is 0.588. The molecule has 0 aliphatic carbocycles. The summed E-state index contributed by atoms with van der Waals surface area (Å²) < 4.78 is 16.6. The molecular weight excluding hydrogens is 284 g/mol. The molecule has 0 aliphatic heterocycles. The first-order valence-electron chi connectivity index (χ1n) is 7.49. The third-order valence-corrected chi connectivity index (χ3v) is 3.61. The van der Waals surface area contributed by atoms with Gasteiger partial charge in [0.25, 0.3) is 0 Å². The largest absolute Gasteiger partial charge is 0.496 e. The molecular formula is C17H26O5. The maximum Gasteiger partial charge on any atom is 0.303 e. The number of hydrogen-bond acceptors (Lipinski definition) is 4. The van der Waals surface area contributed by atoms with E-state index in [0.29, 0.717) is 17.9 Å². The van der Waals surface area contributed by atoms with Crippen molar-refractivity contribution >= 4 is 5.97 Å². The highest BCUT2D eigenvalue weighted by atomic mass is 16.5. The lowest BCUT2D eigenvalue weighted by molar-refractivity contribution is -0.137. The summed E-state index contributed by atoms with van der Waals surface area (Å²) in [7, 11) is 4.88. The molecule has 22 heavy (non-hydrogen) atoms. The first-order valence-corrected chi connectivity index (χ1v) is 7.49. The molecule has 0 aliphatic rings. The molecule has 0 amide bonds. The van der Waals surface area contributed by atoms with Crippen molar-refractivity contribution in [1.29, 1.82) is 0 Å². The van der Waals surface area contributed by atoms with Crippen LogP contribution in [0.1, 0.15) is 50.2 Å². The second-order valence-corrected chi connectivity index (χ2v) is 5.47. The molecule has 0 atom stereocenters. The van der Waals surface area contributed by atoms with Gasteiger partial charge in [-0.2, -0.15) is 0 Å². The lowest BCUT2D eigenvalue weighted by Crippen LogP contribution is -2.05. The van der Waals surface area contributed by atoms with Gasteiger partial charge in [-0.1, -0.05) is 13.8 Å². The highest BCUT2D eigenvalue weighted by Crippen LogP contribution is 2.44. The number of carboxylic acid groups (broad SMARTS) is 1. The third-order valence-electron chi connectivity index (χ3n) is 3.61. The predicted molar refractivity (Wildman–Crippen MR) is 85.4 cm³/mol. The van der Waals surface area contributed by atoms with Crippen molar-refractivity contribution in [1.82, 2.24) is 0 Å². The van der Waals surface area contributed by atoms with Gasteiger partial charge in [0.2, 0.25) is 0 Å². The Morgan fingerprint density at radius 2 is 1.73 bits per heavy atom. The average molecular weight is 310 g/mol. The number of hydrogen-bond donors (Lipinski definition) is 1. The number of rotatable bonds is 9. The lowest BCUT2D eigenvalue weighted by atomic mass is 9.95. The minimum Gasteiger partial charge on any atom is -0.496 e. The van der Waals surface area contributed by atoms with Crippen LogP contribution in [0.5, 0.6) is 17.2 Å². The van der Waals surface area contributed by atoms with Crippen LogP contribution in [0, 0.1) is 0 Å². The van der Waals surface area contributed by atoms with Crippen LogP contribution < -0.4 is 14.2 Å². The van der Waals surface area contributed by atoms with E-state index in [9.17, 15) is 4.79 Å². The Morgan fingerprint density at radius 1 is 1.09 bits per heavy atom. The number of carbonyl (C=O) groups is 1. The van der Waals surface area contributed by atoms with E-state index in [-0.39, 0.29) is 12.3 Å². The van der Waals surface area contributed by atoms with Crippen LogP contribution >= 0.6 is 0 Å². The molecule has 1 aromatic carbocycles. The van der Waals surface area contributed by atoms with E-state index in [4.69, 9.17) is 19.3 Å². The van der Waals surface area contributed by atoms with Crippen LogP contribution in [0.3, 0.4) is 0 Å². The van der Waals surface area contributed by atoms with E-state index in [1.807, 2.05) is 6.07 Å². The van der Waals surface area contributed by atoms with Crippen LogP contribution in [-0.4, -0.2) is 32.4 Å². The van der Waals surface area contributed by atoms with E-state index in [1.165, 1.54) is 0 Å². The molecule has 0 bridgehead atoms. The van der Waals surface area contributed by atoms with Crippen LogP contribution in [0.4, 0.5) is 0 Å². The van der Waals surface area contributed by atoms with Gasteiger partial charge in [-0.3, -0.25) is 4.79 Å². The van der Waals surface area contributed by atoms with Gasteiger partial charge in [-0.05, 0) is 31.2 Å². The molecule has 0 unspecified atom stereocenters. The third kappa shape index (κ3) is 4.29. The van der Waals surface area contributed by atoms with Crippen molar-refractivity contribution < 1.29 is 24.1 Å². The number of methoxy groups -OCH3 is 3. The van der Waals surface area contributed by atoms with Crippen LogP contribution in [0.15, 0.2) is 6.07 Å². The van der Waals surface area contributed by atoms with Crippen LogP contribution in [0.25, 0.3) is 0 Å². The zero-order valence-electron chi connectivity index (χ0n) is 14.1. The standard InChI is InChI=1S/C17H26O5/c1-11(2)15-13(20-3)10-12(8-6-7-9-14(18)19)16(21-4)17(15)22-5/h10-11H,6-9H2,1-5H3,(H,18,19). The Kier molecular flexibility index (Phi) is 7.02. The summed E-state index contributed by atoms with van der Waals surface area (Å²) in [5.41, 5.74) is 1.96. The second-order valence-electron chi connectivity index (χ2n) is 5.47. The van der Waals surface area contributed by atoms with E-state index in [2.05, 4.69) is 13.8 Å². The molecule has 0 aromatic heterocycles. The molecule has 0 spiro atoms. The highest BCUT2D eigenvalue weighted by Gasteiger charge is 2.22. The summed E-state index contributed by atoms with van der Waals surface area (Å²) in [5, 5.41) is 8.71. The number of ether oxygens (including phenoxy) is 3. The zero-order valence-corrected chi connectivity index (χ0v) is 14.1. The van der Waals surface area contributed by atoms with Gasteiger partial charge in [0, 0.05) is 17.5 Å². The van der Waals surface area contributed by atoms with Crippen LogP contribution in [0.2, 0.25) is 0 Å². The van der Waals surface area contributed by atoms with Gasteiger partial charge in [0.15, 0.2) is 11.5 Å². The van der Waals surface area contributed by atoms with Gasteiger partial charge in [-0.25, -0.2) is 0 Å². The number of carboxylic acids is 1. The first-order chi connectivity index (χ1) is 10.5. The molecule has 124 valence electrons. The smallest absolute Gasteiger partial charge is 0.303 e. The normalized spacial score (nSPS) is 10.6. The molecule has 0 radical (unpaired) electrons. The maximum absolute atomic E-state index is 10.6. The van der Waals surface area contributed by atoms with Gasteiger partial charge in [0.1, 0.15) is 5.75 Å². The Morgan fingerprint density at radius 3 is 2.18 bits per heavy atom. The van der Waals surface area contributed by atoms with E-state index < -0.39 is 5.97 Å². The molecule has 0 heterocycles. The SMILES string of the molecule is COc1cc(CCCCC(=O)O)c(OC)c(OC)c1C(C)C. The predicted octanol–water partition coefficient (Wildman–Crippen LogP) is 3.63. The molecule has 5 nitrogen and oxygen atoms in total. The highest BCUT2D eigenvalue weighted by molar-refractivity contribution is 5.66. The maximum atomic E-state index is 10.6. The summed E-state index contributed by atoms with van der Waals surface area (Å²) in [5.74, 6) is 1.66. The Labute approximate surface area is 132 Å². The number of benzene rings is 1. The summed E-state index contributed by atoms with van der Waals surface area (Å²) in [6.45, 7) is 4.15. The summed E-state index contributed by atoms with van der Waals surface area (Å²) >= 11 is 0. The lowest BCUT2D eigenvalue weighted by Gasteiger charge is -2.21. The second kappa shape index (κ2) is 8.51. The Hall–Kier alpha value is -1.91. The quantitative estimate of drug-likeness (QED) is 0.706. The number of unbranched alkanes of at least 4 members (excludes halogenated alkanes) is 1. The molecule has 0 saturated heterocycles. The minimum atomic E-state index is -0.766. The van der Waals surface area contributed by atoms with Crippen molar-refractivity contribution in [3.63, 3.8) is 0 Å². The van der Waals surface area contributed by atoms with E-state index in [1.54, 1.807) is 21.3 Å². The molecule has 0 fully saturated rings. The molecule has 1 N–H and O–H groups in total. The van der Waals surface area contributed by atoms with E-state index >= 15 is 0 Å². The van der Waals surface area contributed by atoms with Gasteiger partial charge in [0.05, 0.1) is 21.3 Å². The van der Waals surface area contributed by atoms with Crippen molar-refractivity contribution in [3.05, 3.63) is 17.2 Å². The molecule has 0 saturated carbocycles. The first kappa shape index (κ1) is 18.1. The zero-order chi connectivity index (χ0) is 16.7. The fourth-order valence-electron chi connectivity index (χ4n) is 2.60. The van der Waals surface area contributed by atoms with Crippen molar-refractivity contribution in [3.8, 4) is 17.2 Å². The van der Waals surface area contributed by atoms with Crippen molar-refractivity contribution in [2.24, 2.45) is 0 Å². The van der Waals surface area contributed by atoms with Gasteiger partial charge < -0.3 is 19.3 Å². The molecule has 1 rings (SSSR count). The van der Waals surface area contributed by atoms with Gasteiger partial charge >= 0.3 is 5.97 Å². The Bertz CT molecular complexity index is 508. The Balaban J connectivity index is 3.13. The summed E-state index contributed by atoms with van der Waals surface area (Å²) in [6, 6.07) is 1.97. The fourth-order valence-corrected chi connectivity index (χ4v) is 2.60. The van der Waals surface area contributed by atoms with Crippen molar-refractivity contribution in [2.75, 3.05) is 21.3 Å². The summed E-state index contributed by atoms with van der Waals surface area (Å²) in [6.07, 6.45) is 2.31. The molecule has 5 heteroatoms. The number of aliphatic carboxylic acids is 1. The van der Waals surface area contributed by atoms with Crippen LogP contribution in [-0.2, 0) is 11.2 Å². The van der Waals surface area contributed by atoms with E-state index in [0.717, 1.165) is 29.7 Å². The minimum absolute atomic E-state index is 0.181. The topological polar surface area (TPSA) is 65.0 Å². The average Bonchev–Trinajstić information content (AvgIpc) is 2.49. The van der Waals surface area contributed by atoms with Gasteiger partial charge in [-0.15, -0.1) is 0 Å². The number of aryl methyl sites for hydroxylation is 1. The molecule has 1 aromatic rings. The monoisotopic (exact) mass is 310 g/mol. The van der Waals surface area contributed by atoms with Crippen molar-refractivity contribution in [2.45, 2.75) is 45.4 Å². The summed E-state index contributed by atoms with van der Waals surface area (Å²) in [4.78, 5) is 10.6.